The molecule has 0 fully saturated rings. The first-order valence-corrected chi connectivity index (χ1v) is 8.98. The van der Waals surface area contributed by atoms with Gasteiger partial charge in [-0.25, -0.2) is 0 Å². The van der Waals surface area contributed by atoms with Gasteiger partial charge in [0.2, 0.25) is 0 Å². The van der Waals surface area contributed by atoms with Crippen LogP contribution >= 0.6 is 11.8 Å². The minimum atomic E-state index is -0.162. The van der Waals surface area contributed by atoms with Gasteiger partial charge in [0.25, 0.3) is 0 Å². The van der Waals surface area contributed by atoms with Crippen molar-refractivity contribution >= 4 is 11.8 Å². The second-order valence-electron chi connectivity index (χ2n) is 6.47. The maximum Gasteiger partial charge on any atom is 0.0611 e. The van der Waals surface area contributed by atoms with E-state index in [1.54, 1.807) is 0 Å². The minimum Gasteiger partial charge on any atom is -0.394 e. The highest BCUT2D eigenvalue weighted by Crippen LogP contribution is 2.25. The van der Waals surface area contributed by atoms with Crippen molar-refractivity contribution in [1.82, 2.24) is 5.32 Å². The van der Waals surface area contributed by atoms with Crippen LogP contribution in [0, 0.1) is 13.8 Å². The molecule has 21 heavy (non-hydrogen) atoms. The lowest BCUT2D eigenvalue weighted by atomic mass is 9.97. The van der Waals surface area contributed by atoms with Crippen LogP contribution in [0.2, 0.25) is 0 Å². The standard InChI is InChI=1S/C18H31NOS/c1-6-7-19-18(5,13-20)11-16(4)21-12-17-9-14(2)8-15(3)10-17/h8-10,16,19-20H,6-7,11-13H2,1-5H3. The Kier molecular flexibility index (Phi) is 7.78. The van der Waals surface area contributed by atoms with Crippen LogP contribution in [0.5, 0.6) is 0 Å². The second kappa shape index (κ2) is 8.82. The lowest BCUT2D eigenvalue weighted by Gasteiger charge is -2.31. The zero-order valence-electron chi connectivity index (χ0n) is 14.2. The molecule has 120 valence electrons. The maximum absolute atomic E-state index is 9.65. The number of nitrogens with one attached hydrogen (secondary N) is 1. The first kappa shape index (κ1) is 18.5. The number of thioether (sulfide) groups is 1. The zero-order chi connectivity index (χ0) is 15.9. The molecule has 0 radical (unpaired) electrons. The van der Waals surface area contributed by atoms with Crippen molar-refractivity contribution in [3.63, 3.8) is 0 Å². The topological polar surface area (TPSA) is 32.3 Å². The summed E-state index contributed by atoms with van der Waals surface area (Å²) in [6, 6.07) is 6.76. The average molecular weight is 310 g/mol. The smallest absolute Gasteiger partial charge is 0.0611 e. The molecule has 2 atom stereocenters. The van der Waals surface area contributed by atoms with E-state index >= 15 is 0 Å². The third kappa shape index (κ3) is 6.86. The van der Waals surface area contributed by atoms with Crippen molar-refractivity contribution in [1.29, 1.82) is 0 Å². The van der Waals surface area contributed by atoms with Crippen LogP contribution in [-0.4, -0.2) is 29.0 Å². The van der Waals surface area contributed by atoms with Gasteiger partial charge in [-0.05, 0) is 45.7 Å². The molecular weight excluding hydrogens is 278 g/mol. The molecule has 0 amide bonds. The van der Waals surface area contributed by atoms with E-state index in [2.05, 4.69) is 58.1 Å². The van der Waals surface area contributed by atoms with E-state index in [1.807, 2.05) is 11.8 Å². The quantitative estimate of drug-likeness (QED) is 0.721. The molecule has 3 heteroatoms. The molecule has 0 bridgehead atoms. The first-order valence-electron chi connectivity index (χ1n) is 7.93. The van der Waals surface area contributed by atoms with Gasteiger partial charge < -0.3 is 10.4 Å². The number of aliphatic hydroxyl groups excluding tert-OH is 1. The molecule has 0 saturated heterocycles. The minimum absolute atomic E-state index is 0.162. The van der Waals surface area contributed by atoms with Gasteiger partial charge in [0.05, 0.1) is 6.61 Å². The number of hydrogen-bond acceptors (Lipinski definition) is 3. The summed E-state index contributed by atoms with van der Waals surface area (Å²) in [4.78, 5) is 0. The summed E-state index contributed by atoms with van der Waals surface area (Å²) in [6.45, 7) is 12.0. The van der Waals surface area contributed by atoms with E-state index < -0.39 is 0 Å². The molecule has 1 rings (SSSR count). The van der Waals surface area contributed by atoms with Gasteiger partial charge >= 0.3 is 0 Å². The number of aliphatic hydroxyl groups is 1. The largest absolute Gasteiger partial charge is 0.394 e. The molecular formula is C18H31NOS. The van der Waals surface area contributed by atoms with E-state index in [-0.39, 0.29) is 12.1 Å². The molecule has 0 aliphatic carbocycles. The fourth-order valence-corrected chi connectivity index (χ4v) is 3.83. The van der Waals surface area contributed by atoms with E-state index in [0.29, 0.717) is 5.25 Å². The van der Waals surface area contributed by atoms with E-state index in [9.17, 15) is 5.11 Å². The van der Waals surface area contributed by atoms with Gasteiger partial charge in [-0.2, -0.15) is 11.8 Å². The summed E-state index contributed by atoms with van der Waals surface area (Å²) < 4.78 is 0. The van der Waals surface area contributed by atoms with Gasteiger partial charge in [-0.15, -0.1) is 0 Å². The molecule has 0 aromatic heterocycles. The molecule has 1 aromatic rings. The Morgan fingerprint density at radius 2 is 1.86 bits per heavy atom. The average Bonchev–Trinajstić information content (AvgIpc) is 2.42. The fourth-order valence-electron chi connectivity index (χ4n) is 2.70. The molecule has 2 unspecified atom stereocenters. The molecule has 0 aliphatic heterocycles. The Morgan fingerprint density at radius 1 is 1.24 bits per heavy atom. The van der Waals surface area contributed by atoms with E-state index in [0.717, 1.165) is 25.1 Å². The Labute approximate surface area is 134 Å². The summed E-state index contributed by atoms with van der Waals surface area (Å²) >= 11 is 1.97. The van der Waals surface area contributed by atoms with Gasteiger partial charge in [-0.3, -0.25) is 0 Å². The summed E-state index contributed by atoms with van der Waals surface area (Å²) in [6.07, 6.45) is 2.08. The highest BCUT2D eigenvalue weighted by atomic mass is 32.2. The van der Waals surface area contributed by atoms with Crippen LogP contribution in [0.1, 0.15) is 50.3 Å². The summed E-state index contributed by atoms with van der Waals surface area (Å²) in [5, 5.41) is 13.6. The van der Waals surface area contributed by atoms with Crippen molar-refractivity contribution < 1.29 is 5.11 Å². The van der Waals surface area contributed by atoms with Crippen LogP contribution in [0.25, 0.3) is 0 Å². The van der Waals surface area contributed by atoms with Gasteiger partial charge in [-0.1, -0.05) is 43.2 Å². The van der Waals surface area contributed by atoms with Gasteiger partial charge in [0.15, 0.2) is 0 Å². The summed E-state index contributed by atoms with van der Waals surface area (Å²) in [5.74, 6) is 1.04. The Balaban J connectivity index is 2.50. The van der Waals surface area contributed by atoms with E-state index in [1.165, 1.54) is 16.7 Å². The molecule has 0 heterocycles. The third-order valence-corrected chi connectivity index (χ3v) is 4.94. The van der Waals surface area contributed by atoms with Crippen molar-refractivity contribution in [2.24, 2.45) is 0 Å². The number of aryl methyl sites for hydroxylation is 2. The van der Waals surface area contributed by atoms with Crippen molar-refractivity contribution in [2.45, 2.75) is 64.0 Å². The Morgan fingerprint density at radius 3 is 2.38 bits per heavy atom. The van der Waals surface area contributed by atoms with Gasteiger partial charge in [0.1, 0.15) is 0 Å². The maximum atomic E-state index is 9.65. The first-order chi connectivity index (χ1) is 9.88. The van der Waals surface area contributed by atoms with Crippen LogP contribution in [0.3, 0.4) is 0 Å². The highest BCUT2D eigenvalue weighted by Gasteiger charge is 2.25. The second-order valence-corrected chi connectivity index (χ2v) is 7.89. The fraction of sp³-hybridized carbons (Fsp3) is 0.667. The predicted molar refractivity (Wildman–Crippen MR) is 95.1 cm³/mol. The zero-order valence-corrected chi connectivity index (χ0v) is 15.0. The lowest BCUT2D eigenvalue weighted by molar-refractivity contribution is 0.166. The van der Waals surface area contributed by atoms with Crippen molar-refractivity contribution in [2.75, 3.05) is 13.2 Å². The Hall–Kier alpha value is -0.510. The normalized spacial score (nSPS) is 15.7. The van der Waals surface area contributed by atoms with Gasteiger partial charge in [0, 0.05) is 16.5 Å². The number of benzene rings is 1. The SMILES string of the molecule is CCCNC(C)(CO)CC(C)SCc1cc(C)cc(C)c1. The Bertz CT molecular complexity index is 415. The molecule has 2 nitrogen and oxygen atoms in total. The predicted octanol–water partition coefficient (Wildman–Crippen LogP) is 4.07. The van der Waals surface area contributed by atoms with E-state index in [4.69, 9.17) is 0 Å². The summed E-state index contributed by atoms with van der Waals surface area (Å²) in [7, 11) is 0. The van der Waals surface area contributed by atoms with Crippen LogP contribution in [0.4, 0.5) is 0 Å². The molecule has 1 aromatic carbocycles. The van der Waals surface area contributed by atoms with Crippen molar-refractivity contribution in [3.8, 4) is 0 Å². The van der Waals surface area contributed by atoms with Crippen LogP contribution in [-0.2, 0) is 5.75 Å². The molecule has 2 N–H and O–H groups in total. The summed E-state index contributed by atoms with van der Waals surface area (Å²) in [5.41, 5.74) is 3.91. The third-order valence-electron chi connectivity index (χ3n) is 3.70. The number of hydrogen-bond donors (Lipinski definition) is 2. The lowest BCUT2D eigenvalue weighted by Crippen LogP contribution is -2.47. The monoisotopic (exact) mass is 309 g/mol. The van der Waals surface area contributed by atoms with Crippen molar-refractivity contribution in [3.05, 3.63) is 34.9 Å². The van der Waals surface area contributed by atoms with Crippen LogP contribution < -0.4 is 5.32 Å². The number of rotatable bonds is 9. The molecule has 0 saturated carbocycles. The molecule has 0 aliphatic rings. The highest BCUT2D eigenvalue weighted by molar-refractivity contribution is 7.99. The molecule has 0 spiro atoms. The van der Waals surface area contributed by atoms with Crippen LogP contribution in [0.15, 0.2) is 18.2 Å².